The number of hydrogen-bond acceptors (Lipinski definition) is 4. The topological polar surface area (TPSA) is 63.5 Å². The number of halogens is 1. The van der Waals surface area contributed by atoms with Crippen LogP contribution in [0, 0.1) is 10.1 Å². The van der Waals surface area contributed by atoms with Crippen LogP contribution in [0.5, 0.6) is 0 Å². The number of amides is 1. The summed E-state index contributed by atoms with van der Waals surface area (Å²) >= 11 is 7.55. The number of rotatable bonds is 2. The summed E-state index contributed by atoms with van der Waals surface area (Å²) in [5.74, 6) is -0.0637. The molecule has 1 aromatic carbocycles. The van der Waals surface area contributed by atoms with Crippen LogP contribution in [0.3, 0.4) is 0 Å². The smallest absolute Gasteiger partial charge is 0.271 e. The van der Waals surface area contributed by atoms with Crippen LogP contribution in [-0.2, 0) is 4.79 Å². The molecule has 1 atom stereocenters. The lowest BCUT2D eigenvalue weighted by molar-refractivity contribution is -0.384. The summed E-state index contributed by atoms with van der Waals surface area (Å²) in [5.41, 5.74) is 0.499. The Kier molecular flexibility index (Phi) is 3.39. The number of nitro benzene ring substituents is 1. The average Bonchev–Trinajstić information content (AvgIpc) is 2.58. The van der Waals surface area contributed by atoms with E-state index in [4.69, 9.17) is 0 Å². The normalized spacial score (nSPS) is 19.8. The van der Waals surface area contributed by atoms with Gasteiger partial charge in [0.25, 0.3) is 5.69 Å². The van der Waals surface area contributed by atoms with Crippen molar-refractivity contribution in [3.8, 4) is 0 Å². The van der Waals surface area contributed by atoms with Gasteiger partial charge in [0.2, 0.25) is 5.91 Å². The van der Waals surface area contributed by atoms with E-state index >= 15 is 0 Å². The molecule has 1 amide bonds. The fraction of sp³-hybridized carbons (Fsp3) is 0.300. The number of nitro groups is 1. The van der Waals surface area contributed by atoms with E-state index in [-0.39, 0.29) is 16.8 Å². The second-order valence-corrected chi connectivity index (χ2v) is 5.34. The van der Waals surface area contributed by atoms with E-state index in [0.717, 1.165) is 0 Å². The van der Waals surface area contributed by atoms with Crippen LogP contribution >= 0.6 is 28.6 Å². The van der Waals surface area contributed by atoms with E-state index in [9.17, 15) is 14.9 Å². The molecule has 90 valence electrons. The highest BCUT2D eigenvalue weighted by atomic mass is 79.9. The Morgan fingerprint density at radius 2 is 2.24 bits per heavy atom. The van der Waals surface area contributed by atoms with E-state index in [1.165, 1.54) is 17.0 Å². The lowest BCUT2D eigenvalue weighted by Crippen LogP contribution is -2.25. The second kappa shape index (κ2) is 4.66. The minimum absolute atomic E-state index is 0.0198. The molecule has 1 aliphatic rings. The lowest BCUT2D eigenvalue weighted by Gasteiger charge is -2.17. The number of anilines is 1. The molecule has 1 heterocycles. The first-order valence-electron chi connectivity index (χ1n) is 4.91. The maximum atomic E-state index is 11.7. The SMILES string of the molecule is O=C1CC(S)CN1c1cc([N+](=O)[O-])ccc1Br. The zero-order valence-electron chi connectivity index (χ0n) is 8.67. The molecular weight excluding hydrogens is 308 g/mol. The van der Waals surface area contributed by atoms with Crippen molar-refractivity contribution in [1.82, 2.24) is 0 Å². The van der Waals surface area contributed by atoms with Gasteiger partial charge < -0.3 is 4.90 Å². The molecule has 7 heteroatoms. The van der Waals surface area contributed by atoms with Gasteiger partial charge in [-0.1, -0.05) is 0 Å². The highest BCUT2D eigenvalue weighted by Crippen LogP contribution is 2.33. The molecule has 1 saturated heterocycles. The molecule has 17 heavy (non-hydrogen) atoms. The Balaban J connectivity index is 2.41. The summed E-state index contributed by atoms with van der Waals surface area (Å²) in [7, 11) is 0. The molecule has 0 aliphatic carbocycles. The van der Waals surface area contributed by atoms with Crippen molar-refractivity contribution in [3.63, 3.8) is 0 Å². The number of carbonyl (C=O) groups excluding carboxylic acids is 1. The van der Waals surface area contributed by atoms with Gasteiger partial charge in [0, 0.05) is 34.8 Å². The highest BCUT2D eigenvalue weighted by Gasteiger charge is 2.30. The number of benzene rings is 1. The number of hydrogen-bond donors (Lipinski definition) is 1. The van der Waals surface area contributed by atoms with Crippen LogP contribution in [0.1, 0.15) is 6.42 Å². The van der Waals surface area contributed by atoms with Gasteiger partial charge in [-0.05, 0) is 22.0 Å². The first-order valence-corrected chi connectivity index (χ1v) is 6.22. The predicted molar refractivity (Wildman–Crippen MR) is 70.5 cm³/mol. The van der Waals surface area contributed by atoms with Crippen LogP contribution in [0.25, 0.3) is 0 Å². The van der Waals surface area contributed by atoms with E-state index in [0.29, 0.717) is 23.1 Å². The molecule has 0 N–H and O–H groups in total. The summed E-state index contributed by atoms with van der Waals surface area (Å²) < 4.78 is 0.666. The third-order valence-corrected chi connectivity index (χ3v) is 3.55. The van der Waals surface area contributed by atoms with E-state index in [1.54, 1.807) is 6.07 Å². The Morgan fingerprint density at radius 1 is 1.53 bits per heavy atom. The summed E-state index contributed by atoms with van der Waals surface area (Å²) in [6.07, 6.45) is 0.359. The molecule has 0 radical (unpaired) electrons. The van der Waals surface area contributed by atoms with Crippen LogP contribution in [0.4, 0.5) is 11.4 Å². The third kappa shape index (κ3) is 2.44. The first kappa shape index (κ1) is 12.4. The molecule has 1 unspecified atom stereocenters. The molecule has 1 aromatic rings. The third-order valence-electron chi connectivity index (χ3n) is 2.54. The zero-order chi connectivity index (χ0) is 12.6. The van der Waals surface area contributed by atoms with Gasteiger partial charge in [0.15, 0.2) is 0 Å². The monoisotopic (exact) mass is 316 g/mol. The molecule has 1 aliphatic heterocycles. The minimum Gasteiger partial charge on any atom is -0.310 e. The highest BCUT2D eigenvalue weighted by molar-refractivity contribution is 9.10. The molecule has 0 saturated carbocycles. The molecule has 0 aromatic heterocycles. The second-order valence-electron chi connectivity index (χ2n) is 3.76. The van der Waals surface area contributed by atoms with Crippen LogP contribution in [0.2, 0.25) is 0 Å². The average molecular weight is 317 g/mol. The van der Waals surface area contributed by atoms with Crippen LogP contribution < -0.4 is 4.90 Å². The van der Waals surface area contributed by atoms with Crippen molar-refractivity contribution >= 4 is 45.8 Å². The van der Waals surface area contributed by atoms with E-state index in [1.807, 2.05) is 0 Å². The van der Waals surface area contributed by atoms with Crippen molar-refractivity contribution in [2.24, 2.45) is 0 Å². The maximum absolute atomic E-state index is 11.7. The number of nitrogens with zero attached hydrogens (tertiary/aromatic N) is 2. The van der Waals surface area contributed by atoms with Crippen molar-refractivity contribution < 1.29 is 9.72 Å². The molecule has 2 rings (SSSR count). The first-order chi connectivity index (χ1) is 7.99. The summed E-state index contributed by atoms with van der Waals surface area (Å²) in [6.45, 7) is 0.474. The molecular formula is C10H9BrN2O3S. The minimum atomic E-state index is -0.478. The van der Waals surface area contributed by atoms with Gasteiger partial charge in [0.1, 0.15) is 0 Å². The molecule has 0 spiro atoms. The number of thiol groups is 1. The Bertz CT molecular complexity index is 494. The molecule has 5 nitrogen and oxygen atoms in total. The quantitative estimate of drug-likeness (QED) is 0.517. The van der Waals surface area contributed by atoms with Crippen LogP contribution in [-0.4, -0.2) is 22.6 Å². The molecule has 0 bridgehead atoms. The Morgan fingerprint density at radius 3 is 2.76 bits per heavy atom. The molecule has 1 fully saturated rings. The van der Waals surface area contributed by atoms with Crippen LogP contribution in [0.15, 0.2) is 22.7 Å². The summed E-state index contributed by atoms with van der Waals surface area (Å²) in [5, 5.41) is 10.7. The van der Waals surface area contributed by atoms with Gasteiger partial charge in [-0.15, -0.1) is 0 Å². The standard InChI is InChI=1S/C10H9BrN2O3S/c11-8-2-1-6(13(15)16)3-9(8)12-5-7(17)4-10(12)14/h1-3,7,17H,4-5H2. The number of non-ortho nitro benzene ring substituents is 1. The summed E-state index contributed by atoms with van der Waals surface area (Å²) in [4.78, 5) is 23.4. The van der Waals surface area contributed by atoms with E-state index in [2.05, 4.69) is 28.6 Å². The number of carbonyl (C=O) groups is 1. The zero-order valence-corrected chi connectivity index (χ0v) is 11.1. The van der Waals surface area contributed by atoms with Gasteiger partial charge in [0.05, 0.1) is 10.6 Å². The van der Waals surface area contributed by atoms with Gasteiger partial charge >= 0.3 is 0 Å². The van der Waals surface area contributed by atoms with Crippen molar-refractivity contribution in [2.45, 2.75) is 11.7 Å². The maximum Gasteiger partial charge on any atom is 0.271 e. The fourth-order valence-corrected chi connectivity index (χ4v) is 2.52. The Hall–Kier alpha value is -1.08. The summed E-state index contributed by atoms with van der Waals surface area (Å²) in [6, 6.07) is 4.37. The van der Waals surface area contributed by atoms with Gasteiger partial charge in [-0.2, -0.15) is 12.6 Å². The van der Waals surface area contributed by atoms with Crippen molar-refractivity contribution in [1.29, 1.82) is 0 Å². The fourth-order valence-electron chi connectivity index (χ4n) is 1.74. The Labute approximate surface area is 111 Å². The lowest BCUT2D eigenvalue weighted by atomic mass is 10.2. The van der Waals surface area contributed by atoms with Gasteiger partial charge in [-0.25, -0.2) is 0 Å². The van der Waals surface area contributed by atoms with Crippen molar-refractivity contribution in [2.75, 3.05) is 11.4 Å². The van der Waals surface area contributed by atoms with Gasteiger partial charge in [-0.3, -0.25) is 14.9 Å². The van der Waals surface area contributed by atoms with Crippen molar-refractivity contribution in [3.05, 3.63) is 32.8 Å². The van der Waals surface area contributed by atoms with E-state index < -0.39 is 4.92 Å². The largest absolute Gasteiger partial charge is 0.310 e. The predicted octanol–water partition coefficient (Wildman–Crippen LogP) is 2.39.